The van der Waals surface area contributed by atoms with Gasteiger partial charge in [-0.25, -0.2) is 4.79 Å². The Morgan fingerprint density at radius 1 is 0.741 bits per heavy atom. The SMILES string of the molecule is CCCCCCCCCCCCCCCC(=O)N[C@H](CCC(C)=O)C(=O)O. The Bertz CT molecular complexity index is 409. The van der Waals surface area contributed by atoms with Gasteiger partial charge in [-0.2, -0.15) is 0 Å². The lowest BCUT2D eigenvalue weighted by atomic mass is 10.0. The average Bonchev–Trinajstić information content (AvgIpc) is 2.62. The van der Waals surface area contributed by atoms with E-state index >= 15 is 0 Å². The first-order valence-corrected chi connectivity index (χ1v) is 11.0. The molecule has 0 heterocycles. The van der Waals surface area contributed by atoms with Gasteiger partial charge in [-0.05, 0) is 19.8 Å². The molecule has 1 atom stereocenters. The standard InChI is InChI=1S/C22H41NO4/c1-3-4-5-6-7-8-9-10-11-12-13-14-15-16-21(25)23-20(22(26)27)18-17-19(2)24/h20H,3-18H2,1-2H3,(H,23,25)(H,26,27)/t20-/m1/s1. The summed E-state index contributed by atoms with van der Waals surface area (Å²) in [5.41, 5.74) is 0. The molecule has 0 saturated carbocycles. The van der Waals surface area contributed by atoms with Crippen molar-refractivity contribution in [3.05, 3.63) is 0 Å². The lowest BCUT2D eigenvalue weighted by Crippen LogP contribution is -2.40. The number of carboxylic acid groups (broad SMARTS) is 1. The Morgan fingerprint density at radius 2 is 1.19 bits per heavy atom. The second-order valence-corrected chi connectivity index (χ2v) is 7.69. The van der Waals surface area contributed by atoms with Crippen LogP contribution in [0.25, 0.3) is 0 Å². The van der Waals surface area contributed by atoms with Crippen LogP contribution in [0.15, 0.2) is 0 Å². The van der Waals surface area contributed by atoms with E-state index in [9.17, 15) is 14.4 Å². The van der Waals surface area contributed by atoms with Crippen molar-refractivity contribution in [3.63, 3.8) is 0 Å². The highest BCUT2D eigenvalue weighted by molar-refractivity contribution is 5.84. The van der Waals surface area contributed by atoms with Gasteiger partial charge >= 0.3 is 5.97 Å². The summed E-state index contributed by atoms with van der Waals surface area (Å²) in [7, 11) is 0. The predicted molar refractivity (Wildman–Crippen MR) is 110 cm³/mol. The Balaban J connectivity index is 3.51. The normalized spacial score (nSPS) is 11.9. The highest BCUT2D eigenvalue weighted by Crippen LogP contribution is 2.13. The fraction of sp³-hybridized carbons (Fsp3) is 0.864. The summed E-state index contributed by atoms with van der Waals surface area (Å²) in [6, 6.07) is -0.955. The third-order valence-corrected chi connectivity index (χ3v) is 4.93. The smallest absolute Gasteiger partial charge is 0.326 e. The van der Waals surface area contributed by atoms with Gasteiger partial charge in [0.05, 0.1) is 0 Å². The molecule has 158 valence electrons. The molecule has 0 radical (unpaired) electrons. The number of nitrogens with one attached hydrogen (secondary N) is 1. The largest absolute Gasteiger partial charge is 0.480 e. The topological polar surface area (TPSA) is 83.5 Å². The molecule has 0 saturated heterocycles. The van der Waals surface area contributed by atoms with Crippen molar-refractivity contribution in [2.24, 2.45) is 0 Å². The number of carboxylic acids is 1. The zero-order valence-electron chi connectivity index (χ0n) is 17.6. The minimum Gasteiger partial charge on any atom is -0.480 e. The molecule has 0 aliphatic heterocycles. The summed E-state index contributed by atoms with van der Waals surface area (Å²) in [6.45, 7) is 3.67. The average molecular weight is 384 g/mol. The molecular weight excluding hydrogens is 342 g/mol. The minimum atomic E-state index is -1.07. The number of amides is 1. The van der Waals surface area contributed by atoms with Crippen molar-refractivity contribution < 1.29 is 19.5 Å². The van der Waals surface area contributed by atoms with Gasteiger partial charge in [0.2, 0.25) is 5.91 Å². The summed E-state index contributed by atoms with van der Waals surface area (Å²) in [6.07, 6.45) is 17.0. The molecule has 0 aliphatic carbocycles. The van der Waals surface area contributed by atoms with Crippen LogP contribution in [-0.4, -0.2) is 28.8 Å². The molecule has 0 aromatic heterocycles. The van der Waals surface area contributed by atoms with Crippen molar-refractivity contribution in [1.29, 1.82) is 0 Å². The molecule has 1 amide bonds. The van der Waals surface area contributed by atoms with E-state index in [0.29, 0.717) is 6.42 Å². The van der Waals surface area contributed by atoms with Gasteiger partial charge < -0.3 is 15.2 Å². The summed E-state index contributed by atoms with van der Waals surface area (Å²) in [5, 5.41) is 11.6. The van der Waals surface area contributed by atoms with Crippen LogP contribution in [0, 0.1) is 0 Å². The predicted octanol–water partition coefficient (Wildman–Crippen LogP) is 5.41. The molecule has 0 aliphatic rings. The zero-order valence-corrected chi connectivity index (χ0v) is 17.6. The number of hydrogen-bond acceptors (Lipinski definition) is 3. The molecule has 0 rings (SSSR count). The third kappa shape index (κ3) is 17.8. The maximum absolute atomic E-state index is 11.8. The lowest BCUT2D eigenvalue weighted by molar-refractivity contribution is -0.142. The van der Waals surface area contributed by atoms with Crippen LogP contribution in [0.1, 0.15) is 117 Å². The molecule has 0 aromatic carbocycles. The number of Topliss-reactive ketones (excluding diaryl/α,β-unsaturated/α-hetero) is 1. The Labute approximate surface area is 165 Å². The molecule has 0 spiro atoms. The quantitative estimate of drug-likeness (QED) is 0.292. The molecule has 2 N–H and O–H groups in total. The molecule has 5 heteroatoms. The van der Waals surface area contributed by atoms with Crippen molar-refractivity contribution in [2.75, 3.05) is 0 Å². The Hall–Kier alpha value is -1.39. The monoisotopic (exact) mass is 383 g/mol. The number of unbranched alkanes of at least 4 members (excludes halogenated alkanes) is 12. The summed E-state index contributed by atoms with van der Waals surface area (Å²) in [5.74, 6) is -1.36. The van der Waals surface area contributed by atoms with Gasteiger partial charge in [0.15, 0.2) is 0 Å². The van der Waals surface area contributed by atoms with Crippen LogP contribution < -0.4 is 5.32 Å². The highest BCUT2D eigenvalue weighted by Gasteiger charge is 2.19. The minimum absolute atomic E-state index is 0.0630. The molecule has 0 fully saturated rings. The maximum Gasteiger partial charge on any atom is 0.326 e. The van der Waals surface area contributed by atoms with Crippen LogP contribution in [0.3, 0.4) is 0 Å². The summed E-state index contributed by atoms with van der Waals surface area (Å²) < 4.78 is 0. The van der Waals surface area contributed by atoms with E-state index in [4.69, 9.17) is 5.11 Å². The molecule has 0 unspecified atom stereocenters. The molecule has 0 bridgehead atoms. The lowest BCUT2D eigenvalue weighted by Gasteiger charge is -2.13. The van der Waals surface area contributed by atoms with E-state index in [1.54, 1.807) is 0 Å². The van der Waals surface area contributed by atoms with E-state index in [1.165, 1.54) is 71.1 Å². The third-order valence-electron chi connectivity index (χ3n) is 4.93. The number of hydrogen-bond donors (Lipinski definition) is 2. The van der Waals surface area contributed by atoms with Gasteiger partial charge in [-0.1, -0.05) is 84.0 Å². The highest BCUT2D eigenvalue weighted by atomic mass is 16.4. The van der Waals surface area contributed by atoms with Crippen molar-refractivity contribution in [2.45, 2.75) is 123 Å². The van der Waals surface area contributed by atoms with Crippen LogP contribution in [0.4, 0.5) is 0 Å². The first kappa shape index (κ1) is 25.6. The molecular formula is C22H41NO4. The summed E-state index contributed by atoms with van der Waals surface area (Å²) >= 11 is 0. The summed E-state index contributed by atoms with van der Waals surface area (Å²) in [4.78, 5) is 33.9. The fourth-order valence-electron chi connectivity index (χ4n) is 3.17. The van der Waals surface area contributed by atoms with Crippen molar-refractivity contribution in [1.82, 2.24) is 5.32 Å². The number of aliphatic carboxylic acids is 1. The van der Waals surface area contributed by atoms with Gasteiger partial charge in [0, 0.05) is 12.8 Å². The number of carbonyl (C=O) groups is 3. The van der Waals surface area contributed by atoms with Gasteiger partial charge in [-0.3, -0.25) is 4.79 Å². The Kier molecular flexibility index (Phi) is 17.1. The van der Waals surface area contributed by atoms with E-state index in [2.05, 4.69) is 12.2 Å². The molecule has 5 nitrogen and oxygen atoms in total. The molecule has 27 heavy (non-hydrogen) atoms. The first-order valence-electron chi connectivity index (χ1n) is 11.0. The van der Waals surface area contributed by atoms with Crippen molar-refractivity contribution >= 4 is 17.7 Å². The van der Waals surface area contributed by atoms with Crippen LogP contribution in [0.5, 0.6) is 0 Å². The van der Waals surface area contributed by atoms with Crippen LogP contribution in [-0.2, 0) is 14.4 Å². The van der Waals surface area contributed by atoms with Crippen molar-refractivity contribution in [3.8, 4) is 0 Å². The fourth-order valence-corrected chi connectivity index (χ4v) is 3.17. The second-order valence-electron chi connectivity index (χ2n) is 7.69. The van der Waals surface area contributed by atoms with E-state index in [-0.39, 0.29) is 24.5 Å². The zero-order chi connectivity index (χ0) is 20.3. The number of rotatable bonds is 19. The van der Waals surface area contributed by atoms with Gasteiger partial charge in [-0.15, -0.1) is 0 Å². The number of ketones is 1. The first-order chi connectivity index (χ1) is 13.0. The van der Waals surface area contributed by atoms with E-state index < -0.39 is 12.0 Å². The maximum atomic E-state index is 11.8. The second kappa shape index (κ2) is 18.0. The van der Waals surface area contributed by atoms with Crippen LogP contribution >= 0.6 is 0 Å². The Morgan fingerprint density at radius 3 is 1.59 bits per heavy atom. The van der Waals surface area contributed by atoms with Crippen LogP contribution in [0.2, 0.25) is 0 Å². The molecule has 0 aromatic rings. The van der Waals surface area contributed by atoms with E-state index in [1.807, 2.05) is 0 Å². The number of carbonyl (C=O) groups excluding carboxylic acids is 2. The van der Waals surface area contributed by atoms with Gasteiger partial charge in [0.1, 0.15) is 11.8 Å². The van der Waals surface area contributed by atoms with E-state index in [0.717, 1.165) is 19.3 Å². The van der Waals surface area contributed by atoms with Gasteiger partial charge in [0.25, 0.3) is 0 Å².